The highest BCUT2D eigenvalue weighted by molar-refractivity contribution is 6.38. The number of unbranched alkanes of at least 4 members (excludes halogenated alkanes) is 1. The summed E-state index contributed by atoms with van der Waals surface area (Å²) in [5.41, 5.74) is 3.11. The number of likely N-dealkylation sites (N-methyl/N-ethyl adjacent to an activating group) is 1. The molecule has 6 rings (SSSR count). The Morgan fingerprint density at radius 1 is 0.842 bits per heavy atom. The Labute approximate surface area is 331 Å². The van der Waals surface area contributed by atoms with Crippen LogP contribution in [-0.4, -0.2) is 105 Å². The molecule has 4 N–H and O–H groups in total. The second kappa shape index (κ2) is 16.8. The van der Waals surface area contributed by atoms with Crippen LogP contribution in [0.2, 0.25) is 0 Å². The summed E-state index contributed by atoms with van der Waals surface area (Å²) in [5.74, 6) is -0.660. The first-order chi connectivity index (χ1) is 27.1. The van der Waals surface area contributed by atoms with E-state index in [1.54, 1.807) is 6.07 Å². The number of nitrogens with zero attached hydrogens (tertiary/aromatic N) is 2. The van der Waals surface area contributed by atoms with Crippen LogP contribution < -0.4 is 20.9 Å². The summed E-state index contributed by atoms with van der Waals surface area (Å²) in [6.45, 7) is 2.47. The third-order valence-corrected chi connectivity index (χ3v) is 10.6. The highest BCUT2D eigenvalue weighted by atomic mass is 16.5. The summed E-state index contributed by atoms with van der Waals surface area (Å²) >= 11 is 0. The van der Waals surface area contributed by atoms with Crippen LogP contribution in [0, 0.1) is 0 Å². The molecule has 0 atom stereocenters. The number of hydrogen-bond acceptors (Lipinski definition) is 12. The zero-order valence-corrected chi connectivity index (χ0v) is 34.0. The molecule has 0 bridgehead atoms. The molecule has 0 fully saturated rings. The van der Waals surface area contributed by atoms with Gasteiger partial charge in [0.25, 0.3) is 0 Å². The van der Waals surface area contributed by atoms with Gasteiger partial charge in [-0.25, -0.2) is 0 Å². The minimum atomic E-state index is -0.504. The quantitative estimate of drug-likeness (QED) is 0.0240. The number of phenols is 1. The molecule has 0 unspecified atom stereocenters. The van der Waals surface area contributed by atoms with E-state index in [0.29, 0.717) is 121 Å². The summed E-state index contributed by atoms with van der Waals surface area (Å²) in [7, 11) is 11.0. The standard InChI is InChI=1S/C44H53N3O10/c1-24-17-28-27(11-8-9-12-33(52)57-23-47(4,5)6)42(53)39-31(50)20-26(22-49)35-34-25(21-48)19-30(45-14-10-13-32(51)56-16-15-46(2)3)38-40(34)37(36(28)41(35)39)29(18-24)44(55-7)43(38)54/h17,19-20,48-49H,8-16,18,21-23H2,1-7H3,(H-,45,50,53,54)/p+1. The van der Waals surface area contributed by atoms with Crippen molar-refractivity contribution in [1.82, 2.24) is 4.90 Å². The Morgan fingerprint density at radius 2 is 1.49 bits per heavy atom. The minimum absolute atomic E-state index is 0.0877. The number of nitrogens with one attached hydrogen (secondary N) is 1. The first kappa shape index (κ1) is 41.6. The van der Waals surface area contributed by atoms with E-state index in [-0.39, 0.29) is 60.4 Å². The number of fused-ring (bicyclic) bond motifs is 1. The maximum Gasteiger partial charge on any atom is 0.310 e. The lowest BCUT2D eigenvalue weighted by molar-refractivity contribution is -0.888. The number of aliphatic hydroxyl groups is 2. The molecule has 0 amide bonds. The van der Waals surface area contributed by atoms with E-state index in [1.165, 1.54) is 13.2 Å². The fourth-order valence-electron chi connectivity index (χ4n) is 8.15. The number of esters is 2. The second-order valence-electron chi connectivity index (χ2n) is 16.4. The van der Waals surface area contributed by atoms with Gasteiger partial charge in [-0.15, -0.1) is 0 Å². The molecule has 0 heterocycles. The van der Waals surface area contributed by atoms with Crippen molar-refractivity contribution in [2.45, 2.75) is 65.1 Å². The van der Waals surface area contributed by atoms with E-state index in [2.05, 4.69) is 5.32 Å². The van der Waals surface area contributed by atoms with Gasteiger partial charge in [0.15, 0.2) is 11.2 Å². The summed E-state index contributed by atoms with van der Waals surface area (Å²) in [6.07, 6.45) is 4.44. The topological polar surface area (TPSA) is 172 Å². The van der Waals surface area contributed by atoms with Crippen LogP contribution in [0.3, 0.4) is 0 Å². The summed E-state index contributed by atoms with van der Waals surface area (Å²) in [5, 5.41) is 40.8. The van der Waals surface area contributed by atoms with Gasteiger partial charge < -0.3 is 39.7 Å². The van der Waals surface area contributed by atoms with Crippen LogP contribution in [0.25, 0.3) is 49.2 Å². The Kier molecular flexibility index (Phi) is 12.2. The van der Waals surface area contributed by atoms with Gasteiger partial charge in [-0.3, -0.25) is 23.7 Å². The largest absolute Gasteiger partial charge is 0.507 e. The number of carbonyl (C=O) groups is 2. The molecule has 304 valence electrons. The third-order valence-electron chi connectivity index (χ3n) is 10.6. The maximum absolute atomic E-state index is 14.7. The SMILES string of the molecule is COc1c2c3c4c(c(CCCCC(=O)OC[N+](C)(C)C)c(O)c5c(=O)cc(CO)c(c6c(CO)cc(NCCCC(=O)OCCN(C)C)c(c1=O)c63)c54)C=C(C)C2. The van der Waals surface area contributed by atoms with Crippen molar-refractivity contribution in [2.24, 2.45) is 0 Å². The number of benzene rings is 5. The van der Waals surface area contributed by atoms with Crippen LogP contribution in [0.5, 0.6) is 11.5 Å². The van der Waals surface area contributed by atoms with Crippen LogP contribution in [-0.2, 0) is 45.1 Å². The minimum Gasteiger partial charge on any atom is -0.507 e. The molecule has 5 aromatic carbocycles. The number of aliphatic hydroxyl groups excluding tert-OH is 2. The zero-order chi connectivity index (χ0) is 41.3. The summed E-state index contributed by atoms with van der Waals surface area (Å²) < 4.78 is 17.2. The predicted molar refractivity (Wildman–Crippen MR) is 223 cm³/mol. The van der Waals surface area contributed by atoms with Gasteiger partial charge >= 0.3 is 11.9 Å². The number of hydrogen-bond donors (Lipinski definition) is 4. The molecule has 1 aliphatic rings. The highest BCUT2D eigenvalue weighted by Crippen LogP contribution is 2.52. The molecule has 0 saturated carbocycles. The molecule has 0 aliphatic heterocycles. The summed E-state index contributed by atoms with van der Waals surface area (Å²) in [6, 6.07) is 3.02. The summed E-state index contributed by atoms with van der Waals surface area (Å²) in [4.78, 5) is 55.6. The van der Waals surface area contributed by atoms with E-state index in [9.17, 15) is 34.5 Å². The Bertz CT molecular complexity index is 2500. The lowest BCUT2D eigenvalue weighted by Gasteiger charge is -2.25. The van der Waals surface area contributed by atoms with Gasteiger partial charge in [-0.2, -0.15) is 0 Å². The van der Waals surface area contributed by atoms with Crippen molar-refractivity contribution >= 4 is 66.8 Å². The van der Waals surface area contributed by atoms with E-state index >= 15 is 0 Å². The monoisotopic (exact) mass is 784 g/mol. The Morgan fingerprint density at radius 3 is 2.14 bits per heavy atom. The number of phenolic OH excluding ortho intramolecular Hbond substituents is 1. The number of aromatic hydroxyl groups is 1. The third kappa shape index (κ3) is 8.07. The van der Waals surface area contributed by atoms with Gasteiger partial charge in [0.05, 0.1) is 52.2 Å². The average Bonchev–Trinajstić information content (AvgIpc) is 3.30. The molecule has 57 heavy (non-hydrogen) atoms. The van der Waals surface area contributed by atoms with Crippen molar-refractivity contribution in [2.75, 3.05) is 74.1 Å². The van der Waals surface area contributed by atoms with E-state index < -0.39 is 18.6 Å². The molecule has 5 aromatic rings. The number of allylic oxidation sites excluding steroid dienone is 1. The van der Waals surface area contributed by atoms with Crippen molar-refractivity contribution in [1.29, 1.82) is 0 Å². The number of ether oxygens (including phenoxy) is 3. The Balaban J connectivity index is 1.57. The van der Waals surface area contributed by atoms with Gasteiger partial charge in [-0.05, 0) is 103 Å². The van der Waals surface area contributed by atoms with Crippen molar-refractivity contribution in [3.8, 4) is 11.5 Å². The smallest absolute Gasteiger partial charge is 0.310 e. The van der Waals surface area contributed by atoms with Crippen molar-refractivity contribution in [3.05, 3.63) is 66.0 Å². The normalized spacial score (nSPS) is 13.0. The zero-order valence-electron chi connectivity index (χ0n) is 34.0. The second-order valence-corrected chi connectivity index (χ2v) is 16.4. The molecule has 0 saturated heterocycles. The number of anilines is 1. The molecule has 0 aromatic heterocycles. The maximum atomic E-state index is 14.7. The number of carbonyl (C=O) groups excluding carboxylic acids is 2. The Hall–Kier alpha value is -5.08. The van der Waals surface area contributed by atoms with E-state index in [4.69, 9.17) is 14.2 Å². The molecule has 0 spiro atoms. The van der Waals surface area contributed by atoms with Gasteiger partial charge in [0.2, 0.25) is 12.2 Å². The fourth-order valence-corrected chi connectivity index (χ4v) is 8.15. The lowest BCUT2D eigenvalue weighted by atomic mass is 9.80. The van der Waals surface area contributed by atoms with Crippen LogP contribution in [0.4, 0.5) is 5.69 Å². The molecule has 13 nitrogen and oxygen atoms in total. The fraction of sp³-hybridized carbons (Fsp3) is 0.455. The predicted octanol–water partition coefficient (Wildman–Crippen LogP) is 4.77. The van der Waals surface area contributed by atoms with Crippen molar-refractivity contribution in [3.63, 3.8) is 0 Å². The van der Waals surface area contributed by atoms with Crippen molar-refractivity contribution < 1.29 is 43.6 Å². The van der Waals surface area contributed by atoms with Crippen LogP contribution in [0.15, 0.2) is 27.3 Å². The number of quaternary nitrogens is 1. The molecule has 1 aliphatic carbocycles. The first-order valence-corrected chi connectivity index (χ1v) is 19.4. The van der Waals surface area contributed by atoms with Crippen LogP contribution in [0.1, 0.15) is 66.8 Å². The van der Waals surface area contributed by atoms with Gasteiger partial charge in [0.1, 0.15) is 12.4 Å². The first-order valence-electron chi connectivity index (χ1n) is 19.4. The number of rotatable bonds is 18. The number of methoxy groups -OCH3 is 1. The molecule has 13 heteroatoms. The highest BCUT2D eigenvalue weighted by Gasteiger charge is 2.32. The molecular weight excluding hydrogens is 730 g/mol. The van der Waals surface area contributed by atoms with Gasteiger partial charge in [-0.1, -0.05) is 11.6 Å². The van der Waals surface area contributed by atoms with Gasteiger partial charge in [0, 0.05) is 53.5 Å². The van der Waals surface area contributed by atoms with E-state index in [1.807, 2.05) is 53.1 Å². The van der Waals surface area contributed by atoms with Crippen LogP contribution >= 0.6 is 0 Å². The van der Waals surface area contributed by atoms with E-state index in [0.717, 1.165) is 5.57 Å². The average molecular weight is 785 g/mol. The molecular formula is C44H54N3O10+. The molecule has 0 radical (unpaired) electrons. The lowest BCUT2D eigenvalue weighted by Crippen LogP contribution is -2.37.